The Morgan fingerprint density at radius 3 is 2.86 bits per heavy atom. The van der Waals surface area contributed by atoms with Gasteiger partial charge in [0.2, 0.25) is 5.91 Å². The van der Waals surface area contributed by atoms with Crippen LogP contribution in [-0.4, -0.2) is 46.1 Å². The first-order valence-corrected chi connectivity index (χ1v) is 9.54. The van der Waals surface area contributed by atoms with Crippen molar-refractivity contribution in [2.45, 2.75) is 45.4 Å². The number of nitrogens with one attached hydrogen (secondary N) is 4. The normalized spacial score (nSPS) is 18.6. The summed E-state index contributed by atoms with van der Waals surface area (Å²) in [4.78, 5) is 23.9. The molecule has 2 heterocycles. The van der Waals surface area contributed by atoms with Gasteiger partial charge in [-0.3, -0.25) is 4.79 Å². The van der Waals surface area contributed by atoms with Crippen molar-refractivity contribution in [3.05, 3.63) is 47.3 Å². The number of hydrogen-bond donors (Lipinski definition) is 4. The van der Waals surface area contributed by atoms with Gasteiger partial charge in [-0.1, -0.05) is 35.0 Å². The fourth-order valence-corrected chi connectivity index (χ4v) is 3.23. The molecule has 2 atom stereocenters. The van der Waals surface area contributed by atoms with E-state index in [1.54, 1.807) is 4.68 Å². The van der Waals surface area contributed by atoms with Crippen LogP contribution in [0.25, 0.3) is 0 Å². The highest BCUT2D eigenvalue weighted by Gasteiger charge is 2.30. The van der Waals surface area contributed by atoms with Gasteiger partial charge >= 0.3 is 6.03 Å². The van der Waals surface area contributed by atoms with Crippen molar-refractivity contribution < 1.29 is 9.59 Å². The van der Waals surface area contributed by atoms with Crippen LogP contribution in [0.4, 0.5) is 4.79 Å². The monoisotopic (exact) mass is 385 g/mol. The standard InChI is InChI=1S/C19H27N7O2/c1-3-20-18(27)17-8-16(11-21-17)26-12-15(24-25-26)10-23-19(28)22-9-14-6-4-5-13(2)7-14/h4-7,12,16-17,21H,3,8-11H2,1-2H3,(H,20,27)(H2,22,23,28)/t16-,17-/m0/s1. The van der Waals surface area contributed by atoms with Crippen molar-refractivity contribution in [3.63, 3.8) is 0 Å². The van der Waals surface area contributed by atoms with Gasteiger partial charge in [0.1, 0.15) is 5.69 Å². The quantitative estimate of drug-likeness (QED) is 0.558. The number of nitrogens with zero attached hydrogens (tertiary/aromatic N) is 3. The second kappa shape index (κ2) is 9.32. The van der Waals surface area contributed by atoms with Crippen molar-refractivity contribution in [3.8, 4) is 0 Å². The summed E-state index contributed by atoms with van der Waals surface area (Å²) in [6.07, 6.45) is 2.48. The molecular weight excluding hydrogens is 358 g/mol. The molecule has 150 valence electrons. The van der Waals surface area contributed by atoms with E-state index in [0.717, 1.165) is 11.1 Å². The molecule has 28 heavy (non-hydrogen) atoms. The number of amides is 3. The van der Waals surface area contributed by atoms with Gasteiger partial charge in [-0.2, -0.15) is 0 Å². The molecule has 1 aromatic carbocycles. The largest absolute Gasteiger partial charge is 0.355 e. The summed E-state index contributed by atoms with van der Waals surface area (Å²) < 4.78 is 1.76. The summed E-state index contributed by atoms with van der Waals surface area (Å²) in [6, 6.07) is 7.61. The zero-order chi connectivity index (χ0) is 19.9. The molecule has 4 N–H and O–H groups in total. The molecule has 1 aliphatic heterocycles. The lowest BCUT2D eigenvalue weighted by Crippen LogP contribution is -2.40. The zero-order valence-electron chi connectivity index (χ0n) is 16.2. The van der Waals surface area contributed by atoms with E-state index in [4.69, 9.17) is 0 Å². The number of urea groups is 1. The molecule has 1 fully saturated rings. The number of likely N-dealkylation sites (N-methyl/N-ethyl adjacent to an activating group) is 1. The zero-order valence-corrected chi connectivity index (χ0v) is 16.2. The van der Waals surface area contributed by atoms with Crippen LogP contribution in [0.3, 0.4) is 0 Å². The van der Waals surface area contributed by atoms with Crippen molar-refractivity contribution in [1.29, 1.82) is 0 Å². The first-order valence-electron chi connectivity index (χ1n) is 9.54. The Morgan fingerprint density at radius 1 is 1.25 bits per heavy atom. The average Bonchev–Trinajstić information content (AvgIpc) is 3.34. The van der Waals surface area contributed by atoms with E-state index in [2.05, 4.69) is 31.6 Å². The van der Waals surface area contributed by atoms with Crippen LogP contribution in [0.5, 0.6) is 0 Å². The molecular formula is C19H27N7O2. The van der Waals surface area contributed by atoms with Crippen molar-refractivity contribution in [2.24, 2.45) is 0 Å². The summed E-state index contributed by atoms with van der Waals surface area (Å²) in [5.74, 6) is 0.0114. The SMILES string of the molecule is CCNC(=O)[C@@H]1C[C@H](n2cc(CNC(=O)NCc3cccc(C)c3)nn2)CN1. The molecule has 3 amide bonds. The summed E-state index contributed by atoms with van der Waals surface area (Å²) in [7, 11) is 0. The van der Waals surface area contributed by atoms with E-state index in [1.165, 1.54) is 0 Å². The Balaban J connectivity index is 1.43. The predicted molar refractivity (Wildman–Crippen MR) is 104 cm³/mol. The maximum absolute atomic E-state index is 12.0. The number of aryl methyl sites for hydroxylation is 1. The van der Waals surface area contributed by atoms with Gasteiger partial charge in [0.05, 0.1) is 24.8 Å². The van der Waals surface area contributed by atoms with Gasteiger partial charge < -0.3 is 21.3 Å². The lowest BCUT2D eigenvalue weighted by molar-refractivity contribution is -0.122. The number of hydrogen-bond acceptors (Lipinski definition) is 5. The average molecular weight is 385 g/mol. The lowest BCUT2D eigenvalue weighted by atomic mass is 10.1. The first-order chi connectivity index (χ1) is 13.5. The fourth-order valence-electron chi connectivity index (χ4n) is 3.23. The van der Waals surface area contributed by atoms with Gasteiger partial charge in [0.25, 0.3) is 0 Å². The Labute approximate surface area is 164 Å². The Bertz CT molecular complexity index is 820. The summed E-state index contributed by atoms with van der Waals surface area (Å²) in [6.45, 7) is 5.96. The van der Waals surface area contributed by atoms with Crippen molar-refractivity contribution in [2.75, 3.05) is 13.1 Å². The Hall–Kier alpha value is -2.94. The topological polar surface area (TPSA) is 113 Å². The molecule has 2 aromatic rings. The van der Waals surface area contributed by atoms with Gasteiger partial charge in [0.15, 0.2) is 0 Å². The Morgan fingerprint density at radius 2 is 2.07 bits per heavy atom. The van der Waals surface area contributed by atoms with Gasteiger partial charge in [-0.05, 0) is 25.8 Å². The highest BCUT2D eigenvalue weighted by molar-refractivity contribution is 5.82. The molecule has 0 radical (unpaired) electrons. The third-order valence-electron chi connectivity index (χ3n) is 4.67. The van der Waals surface area contributed by atoms with Crippen molar-refractivity contribution in [1.82, 2.24) is 36.3 Å². The molecule has 1 aliphatic rings. The maximum Gasteiger partial charge on any atom is 0.315 e. The molecule has 9 heteroatoms. The van der Waals surface area contributed by atoms with Crippen LogP contribution >= 0.6 is 0 Å². The number of rotatable bonds is 7. The molecule has 0 bridgehead atoms. The predicted octanol–water partition coefficient (Wildman–Crippen LogP) is 0.625. The second-order valence-electron chi connectivity index (χ2n) is 6.96. The minimum absolute atomic E-state index is 0.0114. The number of carbonyl (C=O) groups is 2. The van der Waals surface area contributed by atoms with Gasteiger partial charge in [0, 0.05) is 19.6 Å². The third-order valence-corrected chi connectivity index (χ3v) is 4.67. The van der Waals surface area contributed by atoms with E-state index in [-0.39, 0.29) is 24.0 Å². The van der Waals surface area contributed by atoms with Crippen LogP contribution in [-0.2, 0) is 17.9 Å². The minimum Gasteiger partial charge on any atom is -0.355 e. The third kappa shape index (κ3) is 5.29. The van der Waals surface area contributed by atoms with Crippen LogP contribution in [0, 0.1) is 6.92 Å². The molecule has 9 nitrogen and oxygen atoms in total. The highest BCUT2D eigenvalue weighted by atomic mass is 16.2. The molecule has 0 unspecified atom stereocenters. The summed E-state index contributed by atoms with van der Waals surface area (Å²) >= 11 is 0. The van der Waals surface area contributed by atoms with Gasteiger partial charge in [-0.25, -0.2) is 9.48 Å². The van der Waals surface area contributed by atoms with E-state index in [1.807, 2.05) is 44.3 Å². The van der Waals surface area contributed by atoms with Crippen LogP contribution in [0.15, 0.2) is 30.5 Å². The van der Waals surface area contributed by atoms with Crippen LogP contribution in [0.2, 0.25) is 0 Å². The fraction of sp³-hybridized carbons (Fsp3) is 0.474. The van der Waals surface area contributed by atoms with E-state index < -0.39 is 0 Å². The summed E-state index contributed by atoms with van der Waals surface area (Å²) in [5, 5.41) is 19.9. The number of carbonyl (C=O) groups excluding carboxylic acids is 2. The molecule has 1 aromatic heterocycles. The second-order valence-corrected chi connectivity index (χ2v) is 6.96. The van der Waals surface area contributed by atoms with Crippen LogP contribution < -0.4 is 21.3 Å². The molecule has 3 rings (SSSR count). The molecule has 0 spiro atoms. The molecule has 0 saturated carbocycles. The molecule has 0 aliphatic carbocycles. The number of benzene rings is 1. The highest BCUT2D eigenvalue weighted by Crippen LogP contribution is 2.19. The maximum atomic E-state index is 12.0. The van der Waals surface area contributed by atoms with E-state index in [0.29, 0.717) is 38.3 Å². The minimum atomic E-state index is -0.255. The number of aromatic nitrogens is 3. The van der Waals surface area contributed by atoms with E-state index >= 15 is 0 Å². The Kier molecular flexibility index (Phi) is 6.59. The lowest BCUT2D eigenvalue weighted by Gasteiger charge is -2.10. The summed E-state index contributed by atoms with van der Waals surface area (Å²) in [5.41, 5.74) is 2.88. The molecule has 1 saturated heterocycles. The van der Waals surface area contributed by atoms with Crippen molar-refractivity contribution >= 4 is 11.9 Å². The van der Waals surface area contributed by atoms with E-state index in [9.17, 15) is 9.59 Å². The first kappa shape index (κ1) is 19.8. The van der Waals surface area contributed by atoms with Gasteiger partial charge in [-0.15, -0.1) is 5.10 Å². The van der Waals surface area contributed by atoms with Crippen LogP contribution in [0.1, 0.15) is 36.2 Å². The smallest absolute Gasteiger partial charge is 0.315 e.